The molecule has 0 bridgehead atoms. The summed E-state index contributed by atoms with van der Waals surface area (Å²) < 4.78 is 35.4. The highest BCUT2D eigenvalue weighted by Gasteiger charge is 2.19. The van der Waals surface area contributed by atoms with Gasteiger partial charge in [0.15, 0.2) is 18.9 Å². The number of hydrogen-bond donors (Lipinski definition) is 0. The van der Waals surface area contributed by atoms with Gasteiger partial charge in [0.1, 0.15) is 23.0 Å². The maximum absolute atomic E-state index is 13.8. The second-order valence-electron chi connectivity index (χ2n) is 7.20. The van der Waals surface area contributed by atoms with Crippen LogP contribution in [0.1, 0.15) is 5.56 Å². The highest BCUT2D eigenvalue weighted by atomic mass is 79.9. The van der Waals surface area contributed by atoms with Crippen LogP contribution in [0.4, 0.5) is 8.78 Å². The van der Waals surface area contributed by atoms with Crippen molar-refractivity contribution in [3.8, 4) is 22.5 Å². The van der Waals surface area contributed by atoms with Crippen molar-refractivity contribution in [2.24, 2.45) is 0 Å². The zero-order valence-corrected chi connectivity index (χ0v) is 18.0. The summed E-state index contributed by atoms with van der Waals surface area (Å²) >= 11 is 0. The Morgan fingerprint density at radius 2 is 1.39 bits per heavy atom. The van der Waals surface area contributed by atoms with Gasteiger partial charge in [0.2, 0.25) is 0 Å². The largest absolute Gasteiger partial charge is 1.00 e. The summed E-state index contributed by atoms with van der Waals surface area (Å²) in [7, 11) is 0. The Kier molecular flexibility index (Phi) is 5.96. The summed E-state index contributed by atoms with van der Waals surface area (Å²) in [5, 5.41) is 0.791. The van der Waals surface area contributed by atoms with Crippen LogP contribution in [0.2, 0.25) is 0 Å². The van der Waals surface area contributed by atoms with Gasteiger partial charge in [-0.15, -0.1) is 0 Å². The lowest BCUT2D eigenvalue weighted by atomic mass is 9.99. The molecular formula is C26H18BrF2NO. The van der Waals surface area contributed by atoms with Gasteiger partial charge in [-0.1, -0.05) is 42.5 Å². The molecule has 5 rings (SSSR count). The topological polar surface area (TPSA) is 17.0 Å². The molecule has 0 aliphatic heterocycles. The first kappa shape index (κ1) is 20.9. The van der Waals surface area contributed by atoms with Crippen molar-refractivity contribution in [2.75, 3.05) is 0 Å². The smallest absolute Gasteiger partial charge is 0.173 e. The van der Waals surface area contributed by atoms with Crippen molar-refractivity contribution in [1.82, 2.24) is 0 Å². The van der Waals surface area contributed by atoms with Crippen LogP contribution in [-0.4, -0.2) is 0 Å². The van der Waals surface area contributed by atoms with E-state index in [4.69, 9.17) is 4.42 Å². The molecule has 2 heterocycles. The summed E-state index contributed by atoms with van der Waals surface area (Å²) in [6.07, 6.45) is 3.98. The first-order valence-corrected chi connectivity index (χ1v) is 9.69. The zero-order chi connectivity index (χ0) is 20.5. The third-order valence-corrected chi connectivity index (χ3v) is 5.15. The van der Waals surface area contributed by atoms with E-state index in [1.54, 1.807) is 18.2 Å². The van der Waals surface area contributed by atoms with Crippen LogP contribution in [-0.2, 0) is 6.54 Å². The molecule has 154 valence electrons. The molecule has 0 radical (unpaired) electrons. The number of fused-ring (bicyclic) bond motifs is 1. The third-order valence-electron chi connectivity index (χ3n) is 5.15. The van der Waals surface area contributed by atoms with Crippen LogP contribution in [0.25, 0.3) is 33.4 Å². The predicted molar refractivity (Wildman–Crippen MR) is 113 cm³/mol. The lowest BCUT2D eigenvalue weighted by Crippen LogP contribution is -3.00. The van der Waals surface area contributed by atoms with Crippen LogP contribution in [0.15, 0.2) is 102 Å². The van der Waals surface area contributed by atoms with E-state index in [0.29, 0.717) is 11.3 Å². The summed E-state index contributed by atoms with van der Waals surface area (Å²) in [5.41, 5.74) is 4.19. The molecule has 0 spiro atoms. The van der Waals surface area contributed by atoms with Crippen LogP contribution in [0, 0.1) is 11.6 Å². The van der Waals surface area contributed by atoms with Crippen molar-refractivity contribution < 1.29 is 34.7 Å². The number of pyridine rings is 1. The Balaban J connectivity index is 0.00000231. The normalized spacial score (nSPS) is 10.8. The van der Waals surface area contributed by atoms with Gasteiger partial charge in [0.05, 0.1) is 0 Å². The predicted octanol–water partition coefficient (Wildman–Crippen LogP) is 3.38. The number of benzene rings is 3. The average Bonchev–Trinajstić information content (AvgIpc) is 3.14. The molecule has 0 saturated carbocycles. The van der Waals surface area contributed by atoms with Crippen molar-refractivity contribution in [3.63, 3.8) is 0 Å². The van der Waals surface area contributed by atoms with Gasteiger partial charge in [-0.25, -0.2) is 13.3 Å². The summed E-state index contributed by atoms with van der Waals surface area (Å²) in [6, 6.07) is 24.9. The maximum atomic E-state index is 13.8. The fourth-order valence-corrected chi connectivity index (χ4v) is 3.69. The standard InChI is InChI=1S/C26H18F2NO.BrH/c27-21-8-6-19(7-9-21)25-23-11-10-22(28)16-24(23)30-26(25)20-12-14-29(15-13-20)17-18-4-2-1-3-5-18;/h1-16H,17H2;1H/q+1;/p-1. The van der Waals surface area contributed by atoms with E-state index in [-0.39, 0.29) is 28.6 Å². The molecule has 2 nitrogen and oxygen atoms in total. The van der Waals surface area contributed by atoms with Gasteiger partial charge in [0.25, 0.3) is 0 Å². The first-order chi connectivity index (χ1) is 14.7. The van der Waals surface area contributed by atoms with E-state index in [1.807, 2.05) is 42.7 Å². The zero-order valence-electron chi connectivity index (χ0n) is 16.4. The Morgan fingerprint density at radius 1 is 0.710 bits per heavy atom. The van der Waals surface area contributed by atoms with Gasteiger partial charge in [-0.05, 0) is 29.8 Å². The van der Waals surface area contributed by atoms with Gasteiger partial charge >= 0.3 is 0 Å². The Hall–Kier alpha value is -3.31. The molecule has 0 atom stereocenters. The molecule has 0 N–H and O–H groups in total. The van der Waals surface area contributed by atoms with Crippen molar-refractivity contribution in [2.45, 2.75) is 6.54 Å². The fraction of sp³-hybridized carbons (Fsp3) is 0.0385. The van der Waals surface area contributed by atoms with Crippen LogP contribution >= 0.6 is 0 Å². The monoisotopic (exact) mass is 477 g/mol. The molecule has 31 heavy (non-hydrogen) atoms. The minimum Gasteiger partial charge on any atom is -1.00 e. The first-order valence-electron chi connectivity index (χ1n) is 9.69. The number of hydrogen-bond acceptors (Lipinski definition) is 1. The minimum atomic E-state index is -0.359. The molecule has 2 aromatic heterocycles. The molecule has 0 fully saturated rings. The summed E-state index contributed by atoms with van der Waals surface area (Å²) in [4.78, 5) is 0. The van der Waals surface area contributed by atoms with E-state index in [9.17, 15) is 8.78 Å². The van der Waals surface area contributed by atoms with E-state index in [0.717, 1.165) is 28.6 Å². The lowest BCUT2D eigenvalue weighted by molar-refractivity contribution is -0.688. The Bertz CT molecular complexity index is 1310. The summed E-state index contributed by atoms with van der Waals surface area (Å²) in [6.45, 7) is 0.761. The molecule has 0 amide bonds. The second kappa shape index (κ2) is 8.82. The summed E-state index contributed by atoms with van der Waals surface area (Å²) in [5.74, 6) is -0.0305. The number of halogens is 3. The van der Waals surface area contributed by atoms with Crippen LogP contribution in [0.5, 0.6) is 0 Å². The van der Waals surface area contributed by atoms with E-state index >= 15 is 0 Å². The number of nitrogens with zero attached hydrogens (tertiary/aromatic N) is 1. The van der Waals surface area contributed by atoms with Crippen molar-refractivity contribution >= 4 is 11.0 Å². The number of rotatable bonds is 4. The number of furan rings is 1. The molecule has 0 aliphatic carbocycles. The molecule has 0 aliphatic rings. The fourth-order valence-electron chi connectivity index (χ4n) is 3.69. The maximum Gasteiger partial charge on any atom is 0.173 e. The van der Waals surface area contributed by atoms with E-state index < -0.39 is 0 Å². The quantitative estimate of drug-likeness (QED) is 0.362. The molecular weight excluding hydrogens is 460 g/mol. The molecule has 0 saturated heterocycles. The highest BCUT2D eigenvalue weighted by Crippen LogP contribution is 2.40. The van der Waals surface area contributed by atoms with Crippen LogP contribution < -0.4 is 21.5 Å². The van der Waals surface area contributed by atoms with E-state index in [2.05, 4.69) is 16.7 Å². The SMILES string of the molecule is Fc1ccc(-c2c(-c3cc[n+](Cc4ccccc4)cc3)oc3cc(F)ccc23)cc1.[Br-]. The molecule has 5 heteroatoms. The highest BCUT2D eigenvalue weighted by molar-refractivity contribution is 6.01. The average molecular weight is 478 g/mol. The molecule has 5 aromatic rings. The molecule has 0 unspecified atom stereocenters. The van der Waals surface area contributed by atoms with Gasteiger partial charge in [-0.3, -0.25) is 0 Å². The van der Waals surface area contributed by atoms with E-state index in [1.165, 1.54) is 29.8 Å². The Labute approximate surface area is 189 Å². The van der Waals surface area contributed by atoms with Crippen LogP contribution in [0.3, 0.4) is 0 Å². The third kappa shape index (κ3) is 4.28. The van der Waals surface area contributed by atoms with Gasteiger partial charge in [-0.2, -0.15) is 0 Å². The second-order valence-corrected chi connectivity index (χ2v) is 7.20. The van der Waals surface area contributed by atoms with Gasteiger partial charge < -0.3 is 21.4 Å². The Morgan fingerprint density at radius 3 is 2.10 bits per heavy atom. The minimum absolute atomic E-state index is 0. The van der Waals surface area contributed by atoms with Crippen molar-refractivity contribution in [1.29, 1.82) is 0 Å². The lowest BCUT2D eigenvalue weighted by Gasteiger charge is -2.04. The van der Waals surface area contributed by atoms with Crippen molar-refractivity contribution in [3.05, 3.63) is 115 Å². The number of aromatic nitrogens is 1. The van der Waals surface area contributed by atoms with Gasteiger partial charge in [0, 0.05) is 40.3 Å². The molecule has 3 aromatic carbocycles.